The fraction of sp³-hybridized carbons (Fsp3) is 0.600. The fourth-order valence-electron chi connectivity index (χ4n) is 2.44. The lowest BCUT2D eigenvalue weighted by Gasteiger charge is -2.19. The SMILES string of the molecule is Cc1cc(C(F)(F)F)ncc1NC(=O)N1CC[C@@H](OC(C)C)C1. The molecule has 1 aromatic rings. The van der Waals surface area contributed by atoms with E-state index in [4.69, 9.17) is 4.74 Å². The predicted octanol–water partition coefficient (Wildman–Crippen LogP) is 3.44. The third kappa shape index (κ3) is 4.57. The molecule has 23 heavy (non-hydrogen) atoms. The molecule has 128 valence electrons. The van der Waals surface area contributed by atoms with Crippen LogP contribution in [0.2, 0.25) is 0 Å². The van der Waals surface area contributed by atoms with E-state index >= 15 is 0 Å². The number of urea groups is 1. The number of aryl methyl sites for hydroxylation is 1. The molecule has 1 aliphatic rings. The van der Waals surface area contributed by atoms with E-state index < -0.39 is 11.9 Å². The largest absolute Gasteiger partial charge is 0.433 e. The zero-order valence-corrected chi connectivity index (χ0v) is 13.3. The molecule has 0 aliphatic carbocycles. The van der Waals surface area contributed by atoms with Crippen molar-refractivity contribution in [3.63, 3.8) is 0 Å². The highest BCUT2D eigenvalue weighted by Gasteiger charge is 2.33. The summed E-state index contributed by atoms with van der Waals surface area (Å²) in [6.07, 6.45) is -2.63. The van der Waals surface area contributed by atoms with E-state index in [1.165, 1.54) is 6.92 Å². The topological polar surface area (TPSA) is 54.5 Å². The minimum atomic E-state index is -4.50. The number of pyridine rings is 1. The predicted molar refractivity (Wildman–Crippen MR) is 79.2 cm³/mol. The highest BCUT2D eigenvalue weighted by atomic mass is 19.4. The normalized spacial score (nSPS) is 18.6. The van der Waals surface area contributed by atoms with E-state index in [0.717, 1.165) is 18.7 Å². The monoisotopic (exact) mass is 331 g/mol. The van der Waals surface area contributed by atoms with E-state index in [1.807, 2.05) is 13.8 Å². The first-order chi connectivity index (χ1) is 10.7. The van der Waals surface area contributed by atoms with Crippen molar-refractivity contribution in [3.05, 3.63) is 23.5 Å². The Bertz CT molecular complexity index is 576. The van der Waals surface area contributed by atoms with Crippen LogP contribution in [0.25, 0.3) is 0 Å². The number of aromatic nitrogens is 1. The summed E-state index contributed by atoms with van der Waals surface area (Å²) in [5.41, 5.74) is -0.384. The Labute approximate surface area is 132 Å². The molecule has 0 aromatic carbocycles. The number of amides is 2. The Morgan fingerprint density at radius 3 is 2.74 bits per heavy atom. The van der Waals surface area contributed by atoms with Crippen LogP contribution in [-0.4, -0.2) is 41.2 Å². The average molecular weight is 331 g/mol. The summed E-state index contributed by atoms with van der Waals surface area (Å²) in [6.45, 7) is 6.38. The first-order valence-electron chi connectivity index (χ1n) is 7.42. The second kappa shape index (κ2) is 6.74. The number of halogens is 3. The second-order valence-electron chi connectivity index (χ2n) is 5.85. The van der Waals surface area contributed by atoms with Gasteiger partial charge in [0.2, 0.25) is 0 Å². The van der Waals surface area contributed by atoms with Gasteiger partial charge in [0.25, 0.3) is 0 Å². The Hall–Kier alpha value is -1.83. The number of nitrogens with zero attached hydrogens (tertiary/aromatic N) is 2. The quantitative estimate of drug-likeness (QED) is 0.923. The molecule has 0 spiro atoms. The van der Waals surface area contributed by atoms with E-state index in [2.05, 4.69) is 10.3 Å². The molecule has 1 fully saturated rings. The molecule has 0 saturated carbocycles. The van der Waals surface area contributed by atoms with Crippen molar-refractivity contribution in [2.45, 2.75) is 45.6 Å². The smallest absolute Gasteiger partial charge is 0.374 e. The lowest BCUT2D eigenvalue weighted by atomic mass is 10.2. The van der Waals surface area contributed by atoms with Gasteiger partial charge in [-0.1, -0.05) is 0 Å². The van der Waals surface area contributed by atoms with E-state index in [1.54, 1.807) is 4.90 Å². The number of anilines is 1. The maximum absolute atomic E-state index is 12.6. The van der Waals surface area contributed by atoms with Crippen molar-refractivity contribution in [1.82, 2.24) is 9.88 Å². The highest BCUT2D eigenvalue weighted by Crippen LogP contribution is 2.29. The highest BCUT2D eigenvalue weighted by molar-refractivity contribution is 5.90. The van der Waals surface area contributed by atoms with E-state index in [-0.39, 0.29) is 23.9 Å². The molecule has 1 saturated heterocycles. The number of carbonyl (C=O) groups is 1. The molecule has 1 aromatic heterocycles. The van der Waals surface area contributed by atoms with E-state index in [9.17, 15) is 18.0 Å². The molecule has 1 atom stereocenters. The minimum Gasteiger partial charge on any atom is -0.374 e. The van der Waals surface area contributed by atoms with Gasteiger partial charge >= 0.3 is 12.2 Å². The summed E-state index contributed by atoms with van der Waals surface area (Å²) in [5, 5.41) is 2.61. The molecule has 1 aliphatic heterocycles. The lowest BCUT2D eigenvalue weighted by Crippen LogP contribution is -2.34. The molecule has 2 amide bonds. The third-order valence-corrected chi connectivity index (χ3v) is 3.54. The zero-order chi connectivity index (χ0) is 17.2. The number of alkyl halides is 3. The number of carbonyl (C=O) groups excluding carboxylic acids is 1. The van der Waals surface area contributed by atoms with Gasteiger partial charge in [0.1, 0.15) is 5.69 Å². The van der Waals surface area contributed by atoms with Gasteiger partial charge in [-0.3, -0.25) is 0 Å². The van der Waals surface area contributed by atoms with Crippen LogP contribution in [0.15, 0.2) is 12.3 Å². The van der Waals surface area contributed by atoms with Crippen LogP contribution in [0, 0.1) is 6.92 Å². The summed E-state index contributed by atoms with van der Waals surface area (Å²) < 4.78 is 43.4. The van der Waals surface area contributed by atoms with Gasteiger partial charge in [-0.05, 0) is 38.8 Å². The summed E-state index contributed by atoms with van der Waals surface area (Å²) in [7, 11) is 0. The molecule has 2 rings (SSSR count). The molecule has 0 bridgehead atoms. The second-order valence-corrected chi connectivity index (χ2v) is 5.85. The van der Waals surface area contributed by atoms with Gasteiger partial charge in [0.15, 0.2) is 0 Å². The maximum atomic E-state index is 12.6. The van der Waals surface area contributed by atoms with Crippen LogP contribution in [0.3, 0.4) is 0 Å². The number of likely N-dealkylation sites (tertiary alicyclic amines) is 1. The summed E-state index contributed by atoms with van der Waals surface area (Å²) >= 11 is 0. The van der Waals surface area contributed by atoms with Crippen molar-refractivity contribution in [3.8, 4) is 0 Å². The zero-order valence-electron chi connectivity index (χ0n) is 13.3. The Morgan fingerprint density at radius 2 is 2.17 bits per heavy atom. The third-order valence-electron chi connectivity index (χ3n) is 3.54. The molecule has 0 radical (unpaired) electrons. The maximum Gasteiger partial charge on any atom is 0.433 e. The Morgan fingerprint density at radius 1 is 1.48 bits per heavy atom. The molecule has 1 N–H and O–H groups in total. The van der Waals surface area contributed by atoms with Gasteiger partial charge in [-0.25, -0.2) is 9.78 Å². The summed E-state index contributed by atoms with van der Waals surface area (Å²) in [4.78, 5) is 17.1. The minimum absolute atomic E-state index is 0.00687. The summed E-state index contributed by atoms with van der Waals surface area (Å²) in [6, 6.07) is 0.564. The number of ether oxygens (including phenoxy) is 1. The van der Waals surface area contributed by atoms with Crippen LogP contribution in [-0.2, 0) is 10.9 Å². The molecular formula is C15H20F3N3O2. The van der Waals surface area contributed by atoms with Crippen molar-refractivity contribution < 1.29 is 22.7 Å². The van der Waals surface area contributed by atoms with Crippen LogP contribution in [0.1, 0.15) is 31.5 Å². The van der Waals surface area contributed by atoms with Crippen molar-refractivity contribution in [2.24, 2.45) is 0 Å². The molecule has 2 heterocycles. The standard InChI is InChI=1S/C15H20F3N3O2/c1-9(2)23-11-4-5-21(8-11)14(22)20-12-7-19-13(6-10(12)3)15(16,17)18/h6-7,9,11H,4-5,8H2,1-3H3,(H,20,22)/t11-/m1/s1. The van der Waals surface area contributed by atoms with Gasteiger partial charge in [-0.2, -0.15) is 13.2 Å². The van der Waals surface area contributed by atoms with E-state index in [0.29, 0.717) is 18.7 Å². The van der Waals surface area contributed by atoms with Crippen molar-refractivity contribution in [1.29, 1.82) is 0 Å². The summed E-state index contributed by atoms with van der Waals surface area (Å²) in [5.74, 6) is 0. The average Bonchev–Trinajstić information content (AvgIpc) is 2.87. The molecule has 5 nitrogen and oxygen atoms in total. The molecule has 0 unspecified atom stereocenters. The number of hydrogen-bond donors (Lipinski definition) is 1. The van der Waals surface area contributed by atoms with Crippen LogP contribution in [0.5, 0.6) is 0 Å². The van der Waals surface area contributed by atoms with Gasteiger partial charge < -0.3 is 15.0 Å². The van der Waals surface area contributed by atoms with Crippen molar-refractivity contribution in [2.75, 3.05) is 18.4 Å². The van der Waals surface area contributed by atoms with Gasteiger partial charge in [0, 0.05) is 13.1 Å². The van der Waals surface area contributed by atoms with Gasteiger partial charge in [0.05, 0.1) is 24.1 Å². The first-order valence-corrected chi connectivity index (χ1v) is 7.42. The van der Waals surface area contributed by atoms with Crippen molar-refractivity contribution >= 4 is 11.7 Å². The van der Waals surface area contributed by atoms with Crippen LogP contribution < -0.4 is 5.32 Å². The Kier molecular flexibility index (Phi) is 5.13. The van der Waals surface area contributed by atoms with Gasteiger partial charge in [-0.15, -0.1) is 0 Å². The van der Waals surface area contributed by atoms with Crippen LogP contribution in [0.4, 0.5) is 23.7 Å². The number of rotatable bonds is 3. The number of nitrogens with one attached hydrogen (secondary N) is 1. The molecule has 8 heteroatoms. The fourth-order valence-corrected chi connectivity index (χ4v) is 2.44. The first kappa shape index (κ1) is 17.5. The van der Waals surface area contributed by atoms with Crippen LogP contribution >= 0.6 is 0 Å². The number of hydrogen-bond acceptors (Lipinski definition) is 3. The molecular weight excluding hydrogens is 311 g/mol. The Balaban J connectivity index is 1.98. The lowest BCUT2D eigenvalue weighted by molar-refractivity contribution is -0.141.